The molecule has 2 N–H and O–H groups in total. The fourth-order valence-corrected chi connectivity index (χ4v) is 5.48. The van der Waals surface area contributed by atoms with Crippen molar-refractivity contribution in [3.05, 3.63) is 60.2 Å². The highest BCUT2D eigenvalue weighted by atomic mass is 31.2. The Balaban J connectivity index is 1.64. The Morgan fingerprint density at radius 1 is 0.952 bits per heavy atom. The van der Waals surface area contributed by atoms with Gasteiger partial charge in [-0.3, -0.25) is 4.90 Å². The third-order valence-corrected chi connectivity index (χ3v) is 7.25. The van der Waals surface area contributed by atoms with E-state index in [-0.39, 0.29) is 0 Å². The molecule has 3 rings (SSSR count). The number of hydrogen-bond donors (Lipinski definition) is 1. The summed E-state index contributed by atoms with van der Waals surface area (Å²) < 4.78 is 13.1. The van der Waals surface area contributed by atoms with E-state index in [1.54, 1.807) is 0 Å². The zero-order valence-corrected chi connectivity index (χ0v) is 13.0. The third kappa shape index (κ3) is 3.37. The molecule has 0 unspecified atom stereocenters. The molecule has 4 heteroatoms. The predicted octanol–water partition coefficient (Wildman–Crippen LogP) is 2.77. The number of nitrogens with zero attached hydrogens (tertiary/aromatic N) is 1. The molecular weight excluding hydrogens is 279 g/mol. The molecule has 1 aliphatic heterocycles. The van der Waals surface area contributed by atoms with Gasteiger partial charge in [-0.1, -0.05) is 30.3 Å². The van der Waals surface area contributed by atoms with Crippen LogP contribution in [0.3, 0.4) is 0 Å². The van der Waals surface area contributed by atoms with Gasteiger partial charge in [-0.05, 0) is 29.8 Å². The molecule has 2 aromatic carbocycles. The first-order valence-corrected chi connectivity index (χ1v) is 9.44. The Bertz CT molecular complexity index is 628. The highest BCUT2D eigenvalue weighted by Crippen LogP contribution is 2.46. The Labute approximate surface area is 126 Å². The maximum absolute atomic E-state index is 13.1. The standard InChI is InChI=1S/C17H21N2OP/c18-16-6-8-17(9-7-16)21(20)12-10-19(11-13-21)14-15-4-2-1-3-5-15/h1-9H,10-14,18H2. The lowest BCUT2D eigenvalue weighted by atomic mass is 10.2. The fourth-order valence-electron chi connectivity index (χ4n) is 2.83. The summed E-state index contributed by atoms with van der Waals surface area (Å²) in [7, 11) is -2.22. The van der Waals surface area contributed by atoms with Crippen molar-refractivity contribution in [2.24, 2.45) is 0 Å². The van der Waals surface area contributed by atoms with Gasteiger partial charge in [0.2, 0.25) is 0 Å². The monoisotopic (exact) mass is 300 g/mol. The lowest BCUT2D eigenvalue weighted by Gasteiger charge is -2.32. The van der Waals surface area contributed by atoms with Crippen molar-refractivity contribution >= 4 is 18.1 Å². The first-order valence-electron chi connectivity index (χ1n) is 7.36. The quantitative estimate of drug-likeness (QED) is 0.700. The summed E-state index contributed by atoms with van der Waals surface area (Å²) in [5.41, 5.74) is 7.76. The van der Waals surface area contributed by atoms with Crippen LogP contribution >= 0.6 is 7.14 Å². The molecule has 0 bridgehead atoms. The summed E-state index contributed by atoms with van der Waals surface area (Å²) in [6, 6.07) is 18.0. The van der Waals surface area contributed by atoms with Crippen LogP contribution in [0.1, 0.15) is 5.56 Å². The van der Waals surface area contributed by atoms with Gasteiger partial charge >= 0.3 is 0 Å². The number of anilines is 1. The fraction of sp³-hybridized carbons (Fsp3) is 0.294. The topological polar surface area (TPSA) is 46.3 Å². The molecule has 1 aliphatic rings. The van der Waals surface area contributed by atoms with Crippen LogP contribution in [-0.4, -0.2) is 30.3 Å². The van der Waals surface area contributed by atoms with Crippen molar-refractivity contribution in [2.75, 3.05) is 31.1 Å². The van der Waals surface area contributed by atoms with Gasteiger partial charge in [0.1, 0.15) is 7.14 Å². The van der Waals surface area contributed by atoms with Crippen LogP contribution in [0.4, 0.5) is 5.69 Å². The van der Waals surface area contributed by atoms with E-state index in [1.165, 1.54) is 5.56 Å². The minimum absolute atomic E-state index is 0.730. The van der Waals surface area contributed by atoms with Gasteiger partial charge in [0.25, 0.3) is 0 Å². The van der Waals surface area contributed by atoms with Crippen LogP contribution in [0.25, 0.3) is 0 Å². The predicted molar refractivity (Wildman–Crippen MR) is 89.5 cm³/mol. The Kier molecular flexibility index (Phi) is 4.14. The third-order valence-electron chi connectivity index (χ3n) is 4.17. The Morgan fingerprint density at radius 2 is 1.57 bits per heavy atom. The SMILES string of the molecule is Nc1ccc(P2(=O)CCN(Cc3ccccc3)CC2)cc1. The second-order valence-electron chi connectivity index (χ2n) is 5.69. The normalized spacial score (nSPS) is 18.5. The van der Waals surface area contributed by atoms with Crippen molar-refractivity contribution in [2.45, 2.75) is 6.54 Å². The number of nitrogen functional groups attached to an aromatic ring is 1. The zero-order valence-electron chi connectivity index (χ0n) is 12.1. The molecule has 1 saturated heterocycles. The lowest BCUT2D eigenvalue weighted by molar-refractivity contribution is 0.288. The van der Waals surface area contributed by atoms with Gasteiger partial charge in [-0.15, -0.1) is 0 Å². The van der Waals surface area contributed by atoms with Crippen LogP contribution in [0, 0.1) is 0 Å². The minimum atomic E-state index is -2.22. The number of nitrogens with two attached hydrogens (primary N) is 1. The average Bonchev–Trinajstić information content (AvgIpc) is 2.51. The molecule has 0 amide bonds. The van der Waals surface area contributed by atoms with Gasteiger partial charge in [-0.25, -0.2) is 0 Å². The first kappa shape index (κ1) is 14.4. The van der Waals surface area contributed by atoms with E-state index >= 15 is 0 Å². The van der Waals surface area contributed by atoms with E-state index in [2.05, 4.69) is 29.2 Å². The summed E-state index contributed by atoms with van der Waals surface area (Å²) in [6.45, 7) is 2.75. The maximum atomic E-state index is 13.1. The van der Waals surface area contributed by atoms with E-state index in [0.717, 1.165) is 43.0 Å². The summed E-state index contributed by atoms with van der Waals surface area (Å²) in [5.74, 6) is 0. The molecule has 110 valence electrons. The van der Waals surface area contributed by atoms with Gasteiger partial charge in [0, 0.05) is 43.0 Å². The molecule has 0 radical (unpaired) electrons. The van der Waals surface area contributed by atoms with Gasteiger partial charge in [-0.2, -0.15) is 0 Å². The van der Waals surface area contributed by atoms with Gasteiger partial charge in [0.05, 0.1) is 0 Å². The van der Waals surface area contributed by atoms with Crippen LogP contribution in [0.15, 0.2) is 54.6 Å². The smallest absolute Gasteiger partial charge is 0.118 e. The maximum Gasteiger partial charge on any atom is 0.118 e. The zero-order chi connectivity index (χ0) is 14.7. The molecule has 0 aromatic heterocycles. The molecule has 1 heterocycles. The molecule has 2 aromatic rings. The van der Waals surface area contributed by atoms with Crippen molar-refractivity contribution in [3.63, 3.8) is 0 Å². The molecule has 0 atom stereocenters. The molecular formula is C17H21N2OP. The van der Waals surface area contributed by atoms with Crippen molar-refractivity contribution in [3.8, 4) is 0 Å². The van der Waals surface area contributed by atoms with Crippen LogP contribution < -0.4 is 11.0 Å². The van der Waals surface area contributed by atoms with Gasteiger partial charge in [0.15, 0.2) is 0 Å². The van der Waals surface area contributed by atoms with E-state index in [4.69, 9.17) is 5.73 Å². The molecule has 21 heavy (non-hydrogen) atoms. The number of benzene rings is 2. The molecule has 0 spiro atoms. The Hall–Kier alpha value is -1.57. The van der Waals surface area contributed by atoms with E-state index in [9.17, 15) is 4.57 Å². The highest BCUT2D eigenvalue weighted by molar-refractivity contribution is 7.71. The second kappa shape index (κ2) is 6.05. The van der Waals surface area contributed by atoms with Crippen LogP contribution in [0.2, 0.25) is 0 Å². The lowest BCUT2D eigenvalue weighted by Crippen LogP contribution is -2.36. The molecule has 0 aliphatic carbocycles. The number of hydrogen-bond acceptors (Lipinski definition) is 3. The largest absolute Gasteiger partial charge is 0.399 e. The second-order valence-corrected chi connectivity index (χ2v) is 8.88. The van der Waals surface area contributed by atoms with E-state index < -0.39 is 7.14 Å². The van der Waals surface area contributed by atoms with Crippen molar-refractivity contribution in [1.29, 1.82) is 0 Å². The Morgan fingerprint density at radius 3 is 2.19 bits per heavy atom. The van der Waals surface area contributed by atoms with Crippen LogP contribution in [-0.2, 0) is 11.1 Å². The van der Waals surface area contributed by atoms with E-state index in [1.807, 2.05) is 30.3 Å². The summed E-state index contributed by atoms with van der Waals surface area (Å²) in [6.07, 6.45) is 1.54. The highest BCUT2D eigenvalue weighted by Gasteiger charge is 2.30. The minimum Gasteiger partial charge on any atom is -0.399 e. The summed E-state index contributed by atoms with van der Waals surface area (Å²) in [5, 5.41) is 0.982. The van der Waals surface area contributed by atoms with Crippen molar-refractivity contribution < 1.29 is 4.57 Å². The van der Waals surface area contributed by atoms with E-state index in [0.29, 0.717) is 0 Å². The molecule has 3 nitrogen and oxygen atoms in total. The summed E-state index contributed by atoms with van der Waals surface area (Å²) in [4.78, 5) is 2.39. The summed E-state index contributed by atoms with van der Waals surface area (Å²) >= 11 is 0. The molecule has 1 fully saturated rings. The van der Waals surface area contributed by atoms with Gasteiger partial charge < -0.3 is 10.3 Å². The molecule has 0 saturated carbocycles. The average molecular weight is 300 g/mol. The number of rotatable bonds is 3. The first-order chi connectivity index (χ1) is 10.2. The van der Waals surface area contributed by atoms with Crippen LogP contribution in [0.5, 0.6) is 0 Å². The van der Waals surface area contributed by atoms with Crippen molar-refractivity contribution in [1.82, 2.24) is 4.90 Å².